The van der Waals surface area contributed by atoms with Crippen molar-refractivity contribution in [3.63, 3.8) is 0 Å². The molecule has 11 rings (SSSR count). The summed E-state index contributed by atoms with van der Waals surface area (Å²) in [7, 11) is 0. The average Bonchev–Trinajstić information content (AvgIpc) is 3.93. The van der Waals surface area contributed by atoms with E-state index in [0.29, 0.717) is 0 Å². The average molecular weight is 715 g/mol. The van der Waals surface area contributed by atoms with Crippen molar-refractivity contribution in [1.82, 2.24) is 0 Å². The van der Waals surface area contributed by atoms with Crippen molar-refractivity contribution >= 4 is 71.3 Å². The summed E-state index contributed by atoms with van der Waals surface area (Å²) < 4.78 is 7.03. The molecule has 0 N–H and O–H groups in total. The molecule has 2 aromatic heterocycles. The second-order valence-electron chi connectivity index (χ2n) is 14.4. The molecule has 1 nitrogen and oxygen atoms in total. The van der Waals surface area contributed by atoms with Crippen LogP contribution in [0.15, 0.2) is 155 Å². The predicted molar refractivity (Wildman–Crippen MR) is 229 cm³/mol. The number of hydrogen-bond donors (Lipinski definition) is 0. The van der Waals surface area contributed by atoms with Gasteiger partial charge in [-0.15, -0.1) is 0 Å². The number of fused-ring (bicyclic) bond motifs is 7. The van der Waals surface area contributed by atoms with E-state index in [9.17, 15) is 0 Å². The van der Waals surface area contributed by atoms with Crippen molar-refractivity contribution in [1.29, 1.82) is 0 Å². The molecule has 3 heterocycles. The van der Waals surface area contributed by atoms with Crippen LogP contribution in [0.2, 0.25) is 0 Å². The molecule has 0 fully saturated rings. The van der Waals surface area contributed by atoms with Gasteiger partial charge in [-0.3, -0.25) is 0 Å². The smallest absolute Gasteiger partial charge is 0.135 e. The lowest BCUT2D eigenvalue weighted by molar-refractivity contribution is 0.278. The number of benzene rings is 7. The van der Waals surface area contributed by atoms with Crippen molar-refractivity contribution in [3.8, 4) is 39.1 Å². The molecule has 0 saturated carbocycles. The fraction of sp³-hybridized carbons (Fsp3) is 0.0800. The van der Waals surface area contributed by atoms with Gasteiger partial charge < -0.3 is 4.74 Å². The summed E-state index contributed by atoms with van der Waals surface area (Å²) in [6.07, 6.45) is 6.77. The fourth-order valence-electron chi connectivity index (χ4n) is 9.20. The zero-order valence-electron chi connectivity index (χ0n) is 29.4. The fourth-order valence-corrected chi connectivity index (χ4v) is 10.9. The van der Waals surface area contributed by atoms with Crippen LogP contribution in [0.25, 0.3) is 82.0 Å². The van der Waals surface area contributed by atoms with Gasteiger partial charge in [-0.25, -0.2) is 0 Å². The largest absolute Gasteiger partial charge is 0.484 e. The van der Waals surface area contributed by atoms with Gasteiger partial charge in [-0.1, -0.05) is 121 Å². The van der Waals surface area contributed by atoms with E-state index in [1.54, 1.807) is 22.7 Å². The molecule has 2 aliphatic rings. The van der Waals surface area contributed by atoms with E-state index in [4.69, 9.17) is 4.74 Å². The highest BCUT2D eigenvalue weighted by atomic mass is 32.1. The number of thiophene rings is 2. The highest BCUT2D eigenvalue weighted by Crippen LogP contribution is 2.52. The van der Waals surface area contributed by atoms with Crippen LogP contribution in [0.4, 0.5) is 0 Å². The molecule has 7 aromatic carbocycles. The lowest BCUT2D eigenvalue weighted by Gasteiger charge is -2.26. The Hall–Kier alpha value is -5.74. The van der Waals surface area contributed by atoms with Gasteiger partial charge in [-0.2, -0.15) is 22.7 Å². The van der Waals surface area contributed by atoms with E-state index in [1.165, 1.54) is 104 Å². The summed E-state index contributed by atoms with van der Waals surface area (Å²) >= 11 is 3.55. The molecular formula is C50H34OS2. The summed E-state index contributed by atoms with van der Waals surface area (Å²) in [4.78, 5) is 0. The van der Waals surface area contributed by atoms with Crippen LogP contribution in [0.5, 0.6) is 5.75 Å². The number of rotatable bonds is 4. The number of allylic oxidation sites excluding steroid dienone is 2. The topological polar surface area (TPSA) is 9.23 Å². The minimum Gasteiger partial charge on any atom is -0.484 e. The second-order valence-corrected chi connectivity index (χ2v) is 15.9. The number of aryl methyl sites for hydroxylation is 2. The summed E-state index contributed by atoms with van der Waals surface area (Å²) in [6.45, 7) is 4.45. The molecule has 252 valence electrons. The molecule has 2 atom stereocenters. The van der Waals surface area contributed by atoms with Crippen LogP contribution in [-0.2, 0) is 0 Å². The van der Waals surface area contributed by atoms with Crippen molar-refractivity contribution in [2.24, 2.45) is 0 Å². The van der Waals surface area contributed by atoms with Crippen LogP contribution >= 0.6 is 22.7 Å². The molecule has 3 heteroatoms. The van der Waals surface area contributed by atoms with E-state index in [1.807, 2.05) is 0 Å². The lowest BCUT2D eigenvalue weighted by atomic mass is 9.79. The standard InChI is InChI=1S/C50H34OS2/c1-29-25-52-27-43(29)48-34-14-5-3-12-32(34)46(33-13-4-6-15-35(33)48)31-22-23-45-42(24-31)40-20-11-21-41(50(40)51-45)47-36-16-7-9-18-38(36)49(44-28-53-26-30(44)2)39-19-10-8-17-37(39)47/h3-28,40,50H,1-2H3. The minimum absolute atomic E-state index is 0.103. The Morgan fingerprint density at radius 1 is 0.491 bits per heavy atom. The molecule has 9 aromatic rings. The molecule has 1 aliphatic heterocycles. The zero-order valence-corrected chi connectivity index (χ0v) is 31.0. The van der Waals surface area contributed by atoms with Crippen LogP contribution in [0.1, 0.15) is 28.2 Å². The third-order valence-electron chi connectivity index (χ3n) is 11.5. The van der Waals surface area contributed by atoms with Gasteiger partial charge >= 0.3 is 0 Å². The van der Waals surface area contributed by atoms with Gasteiger partial charge in [0.05, 0.1) is 0 Å². The molecule has 0 saturated heterocycles. The third kappa shape index (κ3) is 4.54. The van der Waals surface area contributed by atoms with E-state index in [-0.39, 0.29) is 12.0 Å². The Morgan fingerprint density at radius 2 is 0.943 bits per heavy atom. The Bertz CT molecular complexity index is 2910. The van der Waals surface area contributed by atoms with E-state index in [2.05, 4.69) is 169 Å². The van der Waals surface area contributed by atoms with Crippen molar-refractivity contribution in [3.05, 3.63) is 177 Å². The van der Waals surface area contributed by atoms with Crippen LogP contribution in [-0.4, -0.2) is 6.10 Å². The van der Waals surface area contributed by atoms with Crippen molar-refractivity contribution in [2.75, 3.05) is 0 Å². The molecular weight excluding hydrogens is 681 g/mol. The first kappa shape index (κ1) is 30.8. The third-order valence-corrected chi connectivity index (χ3v) is 13.3. The Morgan fingerprint density at radius 3 is 1.40 bits per heavy atom. The normalized spacial score (nSPS) is 16.3. The van der Waals surface area contributed by atoms with Gasteiger partial charge in [0.15, 0.2) is 0 Å². The molecule has 0 bridgehead atoms. The summed E-state index contributed by atoms with van der Waals surface area (Å²) in [5, 5.41) is 19.4. The van der Waals surface area contributed by atoms with Gasteiger partial charge in [0.2, 0.25) is 0 Å². The quantitative estimate of drug-likeness (QED) is 0.165. The van der Waals surface area contributed by atoms with Gasteiger partial charge in [0, 0.05) is 17.1 Å². The SMILES string of the molecule is Cc1cscc1-c1c2ccccc2c(C2=CC=CC3c4cc(-c5c6ccccc6c(-c6cscc6C)c6ccccc56)ccc4OC23)c2ccccc12. The first-order chi connectivity index (χ1) is 26.2. The zero-order chi connectivity index (χ0) is 35.2. The minimum atomic E-state index is -0.122. The lowest BCUT2D eigenvalue weighted by Crippen LogP contribution is -2.21. The maximum atomic E-state index is 7.03. The van der Waals surface area contributed by atoms with Crippen molar-refractivity contribution < 1.29 is 4.74 Å². The van der Waals surface area contributed by atoms with E-state index < -0.39 is 0 Å². The molecule has 53 heavy (non-hydrogen) atoms. The van der Waals surface area contributed by atoms with Gasteiger partial charge in [0.25, 0.3) is 0 Å². The molecule has 0 amide bonds. The van der Waals surface area contributed by atoms with Crippen molar-refractivity contribution in [2.45, 2.75) is 25.9 Å². The first-order valence-electron chi connectivity index (χ1n) is 18.3. The maximum absolute atomic E-state index is 7.03. The summed E-state index contributed by atoms with van der Waals surface area (Å²) in [5.74, 6) is 1.07. The van der Waals surface area contributed by atoms with Crippen LogP contribution < -0.4 is 4.74 Å². The predicted octanol–water partition coefficient (Wildman–Crippen LogP) is 14.5. The summed E-state index contributed by atoms with van der Waals surface area (Å²) in [5.41, 5.74) is 14.2. The summed E-state index contributed by atoms with van der Waals surface area (Å²) in [6, 6.07) is 42.7. The number of hydrogen-bond acceptors (Lipinski definition) is 3. The number of ether oxygens (including phenoxy) is 1. The maximum Gasteiger partial charge on any atom is 0.135 e. The first-order valence-corrected chi connectivity index (χ1v) is 20.2. The molecule has 0 spiro atoms. The monoisotopic (exact) mass is 714 g/mol. The Kier molecular flexibility index (Phi) is 6.92. The van der Waals surface area contributed by atoms with Gasteiger partial charge in [-0.05, 0) is 141 Å². The van der Waals surface area contributed by atoms with Crippen LogP contribution in [0, 0.1) is 13.8 Å². The second kappa shape index (κ2) is 11.9. The highest BCUT2D eigenvalue weighted by molar-refractivity contribution is 7.08. The van der Waals surface area contributed by atoms with E-state index >= 15 is 0 Å². The van der Waals surface area contributed by atoms with E-state index in [0.717, 1.165) is 5.75 Å². The molecule has 2 unspecified atom stereocenters. The molecule has 0 radical (unpaired) electrons. The van der Waals surface area contributed by atoms with Crippen LogP contribution in [0.3, 0.4) is 0 Å². The Balaban J connectivity index is 1.08. The molecule has 1 aliphatic carbocycles. The highest BCUT2D eigenvalue weighted by Gasteiger charge is 2.38. The van der Waals surface area contributed by atoms with Gasteiger partial charge in [0.1, 0.15) is 11.9 Å². The Labute approximate surface area is 316 Å².